The van der Waals surface area contributed by atoms with Crippen molar-refractivity contribution < 1.29 is 5.11 Å². The van der Waals surface area contributed by atoms with E-state index in [2.05, 4.69) is 57.3 Å². The molecular formula is C17H27NO. The van der Waals surface area contributed by atoms with Gasteiger partial charge in [0.2, 0.25) is 0 Å². The lowest BCUT2D eigenvalue weighted by molar-refractivity contribution is 0.172. The van der Waals surface area contributed by atoms with Gasteiger partial charge < -0.3 is 10.4 Å². The van der Waals surface area contributed by atoms with Crippen molar-refractivity contribution in [1.82, 2.24) is 5.32 Å². The fourth-order valence-electron chi connectivity index (χ4n) is 2.53. The van der Waals surface area contributed by atoms with Crippen molar-refractivity contribution in [3.63, 3.8) is 0 Å². The van der Waals surface area contributed by atoms with Crippen molar-refractivity contribution in [1.29, 1.82) is 0 Å². The molecule has 0 bridgehead atoms. The highest BCUT2D eigenvalue weighted by Gasteiger charge is 2.45. The molecule has 0 spiro atoms. The molecule has 0 aliphatic heterocycles. The van der Waals surface area contributed by atoms with Gasteiger partial charge in [-0.05, 0) is 35.3 Å². The number of hydrogen-bond donors (Lipinski definition) is 2. The highest BCUT2D eigenvalue weighted by atomic mass is 16.3. The van der Waals surface area contributed by atoms with E-state index in [1.54, 1.807) is 0 Å². The molecule has 1 aromatic rings. The molecule has 0 amide bonds. The van der Waals surface area contributed by atoms with Gasteiger partial charge in [0.25, 0.3) is 0 Å². The van der Waals surface area contributed by atoms with E-state index >= 15 is 0 Å². The first-order valence-corrected chi connectivity index (χ1v) is 7.39. The van der Waals surface area contributed by atoms with E-state index in [-0.39, 0.29) is 0 Å². The first-order valence-electron chi connectivity index (χ1n) is 7.39. The molecule has 0 radical (unpaired) electrons. The van der Waals surface area contributed by atoms with Gasteiger partial charge in [-0.25, -0.2) is 0 Å². The molecule has 2 atom stereocenters. The Morgan fingerprint density at radius 1 is 1.26 bits per heavy atom. The van der Waals surface area contributed by atoms with Crippen LogP contribution in [-0.2, 0) is 6.42 Å². The Bertz CT molecular complexity index is 408. The summed E-state index contributed by atoms with van der Waals surface area (Å²) in [7, 11) is 0. The molecule has 0 saturated heterocycles. The first kappa shape index (κ1) is 14.5. The maximum absolute atomic E-state index is 10.2. The Kier molecular flexibility index (Phi) is 4.32. The van der Waals surface area contributed by atoms with E-state index in [1.807, 2.05) is 0 Å². The molecule has 2 nitrogen and oxygen atoms in total. The van der Waals surface area contributed by atoms with Crippen LogP contribution in [0.3, 0.4) is 0 Å². The normalized spacial score (nSPS) is 22.5. The van der Waals surface area contributed by atoms with E-state index in [4.69, 9.17) is 0 Å². The highest BCUT2D eigenvalue weighted by molar-refractivity contribution is 5.24. The second-order valence-corrected chi connectivity index (χ2v) is 7.01. The van der Waals surface area contributed by atoms with Gasteiger partial charge in [-0.3, -0.25) is 0 Å². The van der Waals surface area contributed by atoms with Crippen LogP contribution in [0.1, 0.15) is 51.3 Å². The second-order valence-electron chi connectivity index (χ2n) is 7.01. The monoisotopic (exact) mass is 261 g/mol. The molecule has 2 heteroatoms. The van der Waals surface area contributed by atoms with Gasteiger partial charge in [-0.15, -0.1) is 0 Å². The van der Waals surface area contributed by atoms with Gasteiger partial charge in [0, 0.05) is 12.6 Å². The van der Waals surface area contributed by atoms with Crippen LogP contribution >= 0.6 is 0 Å². The molecule has 1 fully saturated rings. The van der Waals surface area contributed by atoms with Crippen LogP contribution in [0.15, 0.2) is 24.3 Å². The maximum atomic E-state index is 10.2. The van der Waals surface area contributed by atoms with Crippen molar-refractivity contribution in [2.75, 3.05) is 6.54 Å². The van der Waals surface area contributed by atoms with E-state index < -0.39 is 6.10 Å². The van der Waals surface area contributed by atoms with Crippen LogP contribution < -0.4 is 5.32 Å². The Morgan fingerprint density at radius 2 is 1.84 bits per heavy atom. The van der Waals surface area contributed by atoms with Crippen LogP contribution in [0.2, 0.25) is 0 Å². The molecule has 1 saturated carbocycles. The highest BCUT2D eigenvalue weighted by Crippen LogP contribution is 2.44. The Labute approximate surface area is 117 Å². The zero-order valence-electron chi connectivity index (χ0n) is 12.6. The van der Waals surface area contributed by atoms with Crippen molar-refractivity contribution in [3.05, 3.63) is 35.4 Å². The number of benzene rings is 1. The zero-order valence-corrected chi connectivity index (χ0v) is 12.6. The van der Waals surface area contributed by atoms with Crippen LogP contribution in [0.4, 0.5) is 0 Å². The Morgan fingerprint density at radius 3 is 2.32 bits per heavy atom. The average Bonchev–Trinajstić information content (AvgIpc) is 2.94. The van der Waals surface area contributed by atoms with Crippen molar-refractivity contribution >= 4 is 0 Å². The topological polar surface area (TPSA) is 32.3 Å². The third kappa shape index (κ3) is 4.05. The fourth-order valence-corrected chi connectivity index (χ4v) is 2.53. The molecule has 19 heavy (non-hydrogen) atoms. The van der Waals surface area contributed by atoms with Crippen LogP contribution in [0, 0.1) is 11.3 Å². The van der Waals surface area contributed by atoms with Gasteiger partial charge in [0.1, 0.15) is 0 Å². The minimum atomic E-state index is -0.399. The number of nitrogens with one attached hydrogen (secondary N) is 1. The largest absolute Gasteiger partial charge is 0.387 e. The lowest BCUT2D eigenvalue weighted by Crippen LogP contribution is -2.26. The molecule has 1 aliphatic carbocycles. The van der Waals surface area contributed by atoms with Gasteiger partial charge in [-0.2, -0.15) is 0 Å². The average molecular weight is 261 g/mol. The summed E-state index contributed by atoms with van der Waals surface area (Å²) in [6.07, 6.45) is 1.92. The fraction of sp³-hybridized carbons (Fsp3) is 0.647. The summed E-state index contributed by atoms with van der Waals surface area (Å²) in [5.41, 5.74) is 2.78. The maximum Gasteiger partial charge on any atom is 0.0914 e. The summed E-state index contributed by atoms with van der Waals surface area (Å²) in [6, 6.07) is 8.96. The van der Waals surface area contributed by atoms with E-state index in [0.717, 1.165) is 12.0 Å². The molecule has 1 aromatic carbocycles. The minimum absolute atomic E-state index is 0.399. The number of aliphatic hydroxyl groups excluding tert-OH is 1. The molecule has 0 heterocycles. The molecule has 2 N–H and O–H groups in total. The van der Waals surface area contributed by atoms with Crippen LogP contribution in [-0.4, -0.2) is 17.7 Å². The molecule has 106 valence electrons. The number of aliphatic hydroxyl groups is 1. The van der Waals surface area contributed by atoms with Gasteiger partial charge in [0.05, 0.1) is 6.10 Å². The van der Waals surface area contributed by atoms with Crippen LogP contribution in [0.5, 0.6) is 0 Å². The van der Waals surface area contributed by atoms with Gasteiger partial charge in [-0.1, -0.05) is 52.0 Å². The van der Waals surface area contributed by atoms with Crippen molar-refractivity contribution in [3.8, 4) is 0 Å². The number of hydrogen-bond acceptors (Lipinski definition) is 2. The lowest BCUT2D eigenvalue weighted by atomic mass is 10.0. The summed E-state index contributed by atoms with van der Waals surface area (Å²) in [5, 5.41) is 13.6. The van der Waals surface area contributed by atoms with Crippen molar-refractivity contribution in [2.24, 2.45) is 11.3 Å². The van der Waals surface area contributed by atoms with Crippen molar-refractivity contribution in [2.45, 2.75) is 52.7 Å². The molecule has 2 unspecified atom stereocenters. The van der Waals surface area contributed by atoms with E-state index in [9.17, 15) is 5.11 Å². The zero-order chi connectivity index (χ0) is 14.0. The van der Waals surface area contributed by atoms with E-state index in [1.165, 1.54) is 12.0 Å². The van der Waals surface area contributed by atoms with E-state index in [0.29, 0.717) is 23.9 Å². The standard InChI is InChI=1S/C17H27NO/c1-12(2)9-13-5-7-14(8-6-13)15(19)11-18-16-10-17(16,3)4/h5-8,12,15-16,18-19H,9-11H2,1-4H3. The first-order chi connectivity index (χ1) is 8.88. The third-order valence-corrected chi connectivity index (χ3v) is 4.08. The SMILES string of the molecule is CC(C)Cc1ccc(C(O)CNC2CC2(C)C)cc1. The second kappa shape index (κ2) is 5.64. The quantitative estimate of drug-likeness (QED) is 0.823. The summed E-state index contributed by atoms with van der Waals surface area (Å²) in [4.78, 5) is 0. The summed E-state index contributed by atoms with van der Waals surface area (Å²) in [6.45, 7) is 9.63. The summed E-state index contributed by atoms with van der Waals surface area (Å²) < 4.78 is 0. The molecule has 2 rings (SSSR count). The third-order valence-electron chi connectivity index (χ3n) is 4.08. The minimum Gasteiger partial charge on any atom is -0.387 e. The summed E-state index contributed by atoms with van der Waals surface area (Å²) >= 11 is 0. The molecule has 1 aliphatic rings. The smallest absolute Gasteiger partial charge is 0.0914 e. The Hall–Kier alpha value is -0.860. The molecule has 0 aromatic heterocycles. The molecular weight excluding hydrogens is 234 g/mol. The lowest BCUT2D eigenvalue weighted by Gasteiger charge is -2.14. The predicted molar refractivity (Wildman–Crippen MR) is 80.1 cm³/mol. The number of rotatable bonds is 6. The van der Waals surface area contributed by atoms with Gasteiger partial charge in [0.15, 0.2) is 0 Å². The Balaban J connectivity index is 1.83. The van der Waals surface area contributed by atoms with Crippen LogP contribution in [0.25, 0.3) is 0 Å². The van der Waals surface area contributed by atoms with Gasteiger partial charge >= 0.3 is 0 Å². The predicted octanol–water partition coefficient (Wildman–Crippen LogP) is 3.31. The summed E-state index contributed by atoms with van der Waals surface area (Å²) in [5.74, 6) is 0.675.